The minimum Gasteiger partial charge on any atom is -0.756 e. The number of phosphoric ester groups is 1. The Morgan fingerprint density at radius 2 is 0.821 bits per heavy atom. The van der Waals surface area contributed by atoms with Crippen LogP contribution >= 0.6 is 7.82 Å². The molecule has 3 unspecified atom stereocenters. The largest absolute Gasteiger partial charge is 0.756 e. The summed E-state index contributed by atoms with van der Waals surface area (Å²) in [4.78, 5) is 40.0. The Morgan fingerprint density at radius 1 is 0.462 bits per heavy atom. The number of esters is 1. The summed E-state index contributed by atoms with van der Waals surface area (Å²) in [6.07, 6.45) is 75.6. The van der Waals surface area contributed by atoms with Gasteiger partial charge in [0.2, 0.25) is 5.91 Å². The van der Waals surface area contributed by atoms with Gasteiger partial charge in [0.1, 0.15) is 19.3 Å². The van der Waals surface area contributed by atoms with Gasteiger partial charge >= 0.3 is 5.97 Å². The molecule has 0 saturated heterocycles. The summed E-state index contributed by atoms with van der Waals surface area (Å²) in [5.41, 5.74) is 0. The van der Waals surface area contributed by atoms with E-state index in [0.29, 0.717) is 17.4 Å². The highest BCUT2D eigenvalue weighted by Gasteiger charge is 2.27. The number of carbonyl (C=O) groups is 2. The molecule has 0 rings (SSSR count). The molecule has 9 nitrogen and oxygen atoms in total. The van der Waals surface area contributed by atoms with Crippen molar-refractivity contribution in [3.05, 3.63) is 85.1 Å². The number of allylic oxidation sites excluding steroid dienone is 13. The molecule has 10 heteroatoms. The number of amides is 1. The summed E-state index contributed by atoms with van der Waals surface area (Å²) in [6, 6.07) is -0.904. The molecule has 0 aromatic rings. The first kappa shape index (κ1) is 75.2. The topological polar surface area (TPSA) is 114 Å². The SMILES string of the molecule is CC/C=C/C/C=C/C/C=C/CCCCCCC(=O)NC(COP(=O)([O-])OCC[N+](C)(C)C)C(/C=C\CCCCCCCCCCCCC)OC(=O)CCCCCCCCCCCCCC/C=C\C/C=C\C/C=C\CCCCC. The third-order valence-corrected chi connectivity index (χ3v) is 15.0. The number of phosphoric acid groups is 1. The summed E-state index contributed by atoms with van der Waals surface area (Å²) >= 11 is 0. The second-order valence-electron chi connectivity index (χ2n) is 22.9. The van der Waals surface area contributed by atoms with Crippen LogP contribution in [0.25, 0.3) is 0 Å². The normalized spacial score (nSPS) is 14.2. The fraction of sp³-hybridized carbons (Fsp3) is 0.765. The molecule has 0 fully saturated rings. The number of hydrogen-bond acceptors (Lipinski definition) is 7. The monoisotopic (exact) mass is 1110 g/mol. The van der Waals surface area contributed by atoms with Gasteiger partial charge < -0.3 is 28.5 Å². The number of carbonyl (C=O) groups excluding carboxylic acids is 2. The van der Waals surface area contributed by atoms with Crippen molar-refractivity contribution in [2.45, 2.75) is 296 Å². The van der Waals surface area contributed by atoms with E-state index in [2.05, 4.69) is 99.0 Å². The predicted octanol–water partition coefficient (Wildman–Crippen LogP) is 19.5. The zero-order valence-electron chi connectivity index (χ0n) is 51.6. The average molecular weight is 1110 g/mol. The maximum Gasteiger partial charge on any atom is 0.306 e. The zero-order valence-corrected chi connectivity index (χ0v) is 52.5. The summed E-state index contributed by atoms with van der Waals surface area (Å²) in [5, 5.41) is 3.02. The van der Waals surface area contributed by atoms with Crippen LogP contribution in [0.5, 0.6) is 0 Å². The Bertz CT molecular complexity index is 1610. The van der Waals surface area contributed by atoms with E-state index >= 15 is 0 Å². The van der Waals surface area contributed by atoms with Gasteiger partial charge in [-0.05, 0) is 102 Å². The molecule has 3 atom stereocenters. The molecule has 78 heavy (non-hydrogen) atoms. The standard InChI is InChI=1S/C68H123N2O7P/c1-7-10-13-16-19-22-25-28-30-31-32-33-34-35-36-37-38-39-40-43-46-49-52-55-58-61-68(72)77-66(59-56-53-50-47-44-41-27-24-21-18-15-12-9-3)65(64-76-78(73,74)75-63-62-70(4,5)6)69-67(71)60-57-54-51-48-45-42-29-26-23-20-17-14-11-8-2/h11,14,19-20,22-23,28-30,32-33,42,56,59,65-66H,7-10,12-13,15-18,21,24-27,31,34-41,43-55,57-58,60-64H2,1-6H3,(H-,69,71,73,74)/b14-11+,22-19-,23-20+,30-28-,33-32-,42-29+,59-56-. The maximum absolute atomic E-state index is 13.5. The van der Waals surface area contributed by atoms with Gasteiger partial charge in [0.15, 0.2) is 0 Å². The van der Waals surface area contributed by atoms with Gasteiger partial charge in [-0.15, -0.1) is 0 Å². The van der Waals surface area contributed by atoms with E-state index in [1.54, 1.807) is 0 Å². The molecule has 0 bridgehead atoms. The van der Waals surface area contributed by atoms with Crippen molar-refractivity contribution in [3.63, 3.8) is 0 Å². The van der Waals surface area contributed by atoms with Crippen LogP contribution in [0.3, 0.4) is 0 Å². The predicted molar refractivity (Wildman–Crippen MR) is 335 cm³/mol. The van der Waals surface area contributed by atoms with Crippen LogP contribution < -0.4 is 10.2 Å². The molecule has 0 aromatic carbocycles. The minimum absolute atomic E-state index is 0.0299. The van der Waals surface area contributed by atoms with Crippen LogP contribution in [0.15, 0.2) is 85.1 Å². The molecule has 1 N–H and O–H groups in total. The first-order chi connectivity index (χ1) is 37.9. The van der Waals surface area contributed by atoms with Crippen LogP contribution in [-0.4, -0.2) is 69.4 Å². The first-order valence-electron chi connectivity index (χ1n) is 32.4. The fourth-order valence-corrected chi connectivity index (χ4v) is 9.80. The Labute approximate surface area is 482 Å². The highest BCUT2D eigenvalue weighted by atomic mass is 31.2. The van der Waals surface area contributed by atoms with Crippen molar-refractivity contribution in [1.82, 2.24) is 5.32 Å². The molecule has 0 aromatic heterocycles. The van der Waals surface area contributed by atoms with E-state index in [1.807, 2.05) is 33.3 Å². The lowest BCUT2D eigenvalue weighted by Crippen LogP contribution is -2.47. The molecule has 0 spiro atoms. The number of nitrogens with zero attached hydrogens (tertiary/aromatic N) is 1. The quantitative estimate of drug-likeness (QED) is 0.0212. The van der Waals surface area contributed by atoms with E-state index in [1.165, 1.54) is 148 Å². The molecule has 0 aliphatic carbocycles. The fourth-order valence-electron chi connectivity index (χ4n) is 9.07. The van der Waals surface area contributed by atoms with Gasteiger partial charge in [-0.1, -0.05) is 254 Å². The van der Waals surface area contributed by atoms with Crippen LogP contribution in [0.1, 0.15) is 284 Å². The Hall–Kier alpha value is -2.81. The van der Waals surface area contributed by atoms with Crippen molar-refractivity contribution in [2.24, 2.45) is 0 Å². The van der Waals surface area contributed by atoms with Crippen molar-refractivity contribution in [2.75, 3.05) is 40.9 Å². The maximum atomic E-state index is 13.5. The minimum atomic E-state index is -4.71. The molecule has 452 valence electrons. The molecular formula is C68H123N2O7P. The number of nitrogens with one attached hydrogen (secondary N) is 1. The summed E-state index contributed by atoms with van der Waals surface area (Å²) in [7, 11) is 1.16. The van der Waals surface area contributed by atoms with Crippen LogP contribution in [-0.2, 0) is 27.9 Å². The van der Waals surface area contributed by atoms with Crippen LogP contribution in [0, 0.1) is 0 Å². The molecule has 0 aliphatic rings. The molecule has 0 heterocycles. The molecule has 0 saturated carbocycles. The molecule has 0 aliphatic heterocycles. The number of unbranched alkanes of at least 4 members (excludes halogenated alkanes) is 30. The van der Waals surface area contributed by atoms with E-state index in [0.717, 1.165) is 96.3 Å². The van der Waals surface area contributed by atoms with Gasteiger partial charge in [0, 0.05) is 12.8 Å². The number of hydrogen-bond donors (Lipinski definition) is 1. The van der Waals surface area contributed by atoms with E-state index in [-0.39, 0.29) is 31.3 Å². The van der Waals surface area contributed by atoms with Crippen LogP contribution in [0.4, 0.5) is 0 Å². The van der Waals surface area contributed by atoms with Gasteiger partial charge in [-0.3, -0.25) is 14.2 Å². The molecule has 0 radical (unpaired) electrons. The van der Waals surface area contributed by atoms with E-state index in [9.17, 15) is 19.0 Å². The average Bonchev–Trinajstić information content (AvgIpc) is 3.40. The van der Waals surface area contributed by atoms with Gasteiger partial charge in [0.25, 0.3) is 7.82 Å². The lowest BCUT2D eigenvalue weighted by molar-refractivity contribution is -0.870. The Kier molecular flexibility index (Phi) is 55.4. The second kappa shape index (κ2) is 57.4. The zero-order chi connectivity index (χ0) is 57.2. The van der Waals surface area contributed by atoms with Crippen molar-refractivity contribution in [3.8, 4) is 0 Å². The van der Waals surface area contributed by atoms with Crippen molar-refractivity contribution >= 4 is 19.7 Å². The van der Waals surface area contributed by atoms with Gasteiger partial charge in [-0.25, -0.2) is 0 Å². The number of rotatable bonds is 58. The summed E-state index contributed by atoms with van der Waals surface area (Å²) in [6.45, 7) is 6.69. The number of quaternary nitrogens is 1. The highest BCUT2D eigenvalue weighted by molar-refractivity contribution is 7.45. The highest BCUT2D eigenvalue weighted by Crippen LogP contribution is 2.38. The Morgan fingerprint density at radius 3 is 1.26 bits per heavy atom. The first-order valence-corrected chi connectivity index (χ1v) is 33.9. The van der Waals surface area contributed by atoms with Gasteiger partial charge in [-0.2, -0.15) is 0 Å². The van der Waals surface area contributed by atoms with Crippen molar-refractivity contribution in [1.29, 1.82) is 0 Å². The Balaban J connectivity index is 5.16. The molecule has 1 amide bonds. The smallest absolute Gasteiger partial charge is 0.306 e. The second-order valence-corrected chi connectivity index (χ2v) is 24.3. The summed E-state index contributed by atoms with van der Waals surface area (Å²) in [5.74, 6) is -0.567. The number of likely N-dealkylation sites (N-methyl/N-ethyl adjacent to an activating group) is 1. The number of ether oxygens (including phenoxy) is 1. The van der Waals surface area contributed by atoms with Gasteiger partial charge in [0.05, 0.1) is 33.8 Å². The lowest BCUT2D eigenvalue weighted by atomic mass is 10.0. The third-order valence-electron chi connectivity index (χ3n) is 14.1. The van der Waals surface area contributed by atoms with Crippen molar-refractivity contribution < 1.29 is 37.3 Å². The molecular weight excluding hydrogens is 988 g/mol. The van der Waals surface area contributed by atoms with E-state index < -0.39 is 26.6 Å². The van der Waals surface area contributed by atoms with Crippen LogP contribution in [0.2, 0.25) is 0 Å². The summed E-state index contributed by atoms with van der Waals surface area (Å²) < 4.78 is 30.3. The third kappa shape index (κ3) is 57.9. The van der Waals surface area contributed by atoms with E-state index in [4.69, 9.17) is 13.8 Å². The lowest BCUT2D eigenvalue weighted by Gasteiger charge is -2.30.